The quantitative estimate of drug-likeness (QED) is 0.936. The van der Waals surface area contributed by atoms with E-state index in [2.05, 4.69) is 10.3 Å². The molecular formula is C14H13ClN2O2. The maximum Gasteiger partial charge on any atom is 0.257 e. The molecule has 0 aliphatic rings. The van der Waals surface area contributed by atoms with Gasteiger partial charge in [0.25, 0.3) is 5.91 Å². The van der Waals surface area contributed by atoms with E-state index < -0.39 is 0 Å². The number of benzene rings is 1. The van der Waals surface area contributed by atoms with Crippen LogP contribution in [0.1, 0.15) is 15.9 Å². The summed E-state index contributed by atoms with van der Waals surface area (Å²) >= 11 is 5.91. The van der Waals surface area contributed by atoms with Gasteiger partial charge in [-0.1, -0.05) is 17.7 Å². The van der Waals surface area contributed by atoms with Gasteiger partial charge in [-0.05, 0) is 30.7 Å². The molecule has 0 bridgehead atoms. The largest absolute Gasteiger partial charge is 0.481 e. The van der Waals surface area contributed by atoms with Gasteiger partial charge in [-0.2, -0.15) is 0 Å². The van der Waals surface area contributed by atoms with Crippen LogP contribution in [0, 0.1) is 6.92 Å². The molecule has 0 spiro atoms. The summed E-state index contributed by atoms with van der Waals surface area (Å²) in [5.41, 5.74) is 2.09. The van der Waals surface area contributed by atoms with Crippen molar-refractivity contribution >= 4 is 23.2 Å². The van der Waals surface area contributed by atoms with Crippen LogP contribution >= 0.6 is 11.6 Å². The summed E-state index contributed by atoms with van der Waals surface area (Å²) in [5.74, 6) is 0.232. The molecule has 4 nitrogen and oxygen atoms in total. The Morgan fingerprint density at radius 2 is 2.11 bits per heavy atom. The molecule has 1 heterocycles. The van der Waals surface area contributed by atoms with Crippen LogP contribution in [0.3, 0.4) is 0 Å². The molecular weight excluding hydrogens is 264 g/mol. The molecule has 0 aliphatic carbocycles. The molecule has 0 saturated carbocycles. The van der Waals surface area contributed by atoms with Crippen molar-refractivity contribution in [1.29, 1.82) is 0 Å². The first kappa shape index (κ1) is 13.4. The number of halogens is 1. The van der Waals surface area contributed by atoms with Crippen LogP contribution in [0.25, 0.3) is 0 Å². The molecule has 0 saturated heterocycles. The Bertz CT molecular complexity index is 597. The SMILES string of the molecule is COc1ccc(C(=O)Nc2cc(Cl)ccc2C)cn1. The van der Waals surface area contributed by atoms with Gasteiger partial charge in [-0.15, -0.1) is 0 Å². The molecule has 1 aromatic carbocycles. The van der Waals surface area contributed by atoms with Gasteiger partial charge in [0.2, 0.25) is 5.88 Å². The molecule has 1 N–H and O–H groups in total. The zero-order valence-electron chi connectivity index (χ0n) is 10.6. The number of carbonyl (C=O) groups excluding carboxylic acids is 1. The Morgan fingerprint density at radius 1 is 1.32 bits per heavy atom. The van der Waals surface area contributed by atoms with Crippen LogP contribution in [0.2, 0.25) is 5.02 Å². The van der Waals surface area contributed by atoms with E-state index in [0.29, 0.717) is 22.2 Å². The van der Waals surface area contributed by atoms with Crippen molar-refractivity contribution in [2.24, 2.45) is 0 Å². The zero-order chi connectivity index (χ0) is 13.8. The summed E-state index contributed by atoms with van der Waals surface area (Å²) in [6, 6.07) is 8.64. The van der Waals surface area contributed by atoms with Crippen LogP contribution in [0.15, 0.2) is 36.5 Å². The van der Waals surface area contributed by atoms with Crippen LogP contribution in [0.5, 0.6) is 5.88 Å². The molecule has 0 atom stereocenters. The van der Waals surface area contributed by atoms with Gasteiger partial charge in [0.1, 0.15) is 0 Å². The molecule has 0 radical (unpaired) electrons. The van der Waals surface area contributed by atoms with Crippen LogP contribution in [-0.4, -0.2) is 18.0 Å². The van der Waals surface area contributed by atoms with Crippen molar-refractivity contribution in [2.45, 2.75) is 6.92 Å². The third-order valence-electron chi connectivity index (χ3n) is 2.66. The van der Waals surface area contributed by atoms with Gasteiger partial charge < -0.3 is 10.1 Å². The van der Waals surface area contributed by atoms with Gasteiger partial charge in [-0.3, -0.25) is 4.79 Å². The normalized spacial score (nSPS) is 10.1. The minimum Gasteiger partial charge on any atom is -0.481 e. The predicted molar refractivity (Wildman–Crippen MR) is 74.9 cm³/mol. The number of methoxy groups -OCH3 is 1. The highest BCUT2D eigenvalue weighted by molar-refractivity contribution is 6.31. The summed E-state index contributed by atoms with van der Waals surface area (Å²) in [4.78, 5) is 16.0. The van der Waals surface area contributed by atoms with Gasteiger partial charge in [0, 0.05) is 23.0 Å². The highest BCUT2D eigenvalue weighted by Gasteiger charge is 2.08. The maximum absolute atomic E-state index is 12.0. The molecule has 2 aromatic rings. The number of hydrogen-bond acceptors (Lipinski definition) is 3. The standard InChI is InChI=1S/C14H13ClN2O2/c1-9-3-5-11(15)7-12(9)17-14(18)10-4-6-13(19-2)16-8-10/h3-8H,1-2H3,(H,17,18). The van der Waals surface area contributed by atoms with Gasteiger partial charge in [0.15, 0.2) is 0 Å². The monoisotopic (exact) mass is 276 g/mol. The third kappa shape index (κ3) is 3.23. The number of aryl methyl sites for hydroxylation is 1. The number of anilines is 1. The number of hydrogen-bond donors (Lipinski definition) is 1. The molecule has 98 valence electrons. The second-order valence-electron chi connectivity index (χ2n) is 4.00. The molecule has 0 unspecified atom stereocenters. The number of aromatic nitrogens is 1. The summed E-state index contributed by atoms with van der Waals surface area (Å²) in [6.07, 6.45) is 1.47. The van der Waals surface area contributed by atoms with Crippen LogP contribution < -0.4 is 10.1 Å². The Morgan fingerprint density at radius 3 is 2.74 bits per heavy atom. The van der Waals surface area contributed by atoms with E-state index in [1.807, 2.05) is 13.0 Å². The molecule has 0 aliphatic heterocycles. The first-order valence-corrected chi connectivity index (χ1v) is 6.05. The Hall–Kier alpha value is -2.07. The number of ether oxygens (including phenoxy) is 1. The average Bonchev–Trinajstić information content (AvgIpc) is 2.43. The fraction of sp³-hybridized carbons (Fsp3) is 0.143. The fourth-order valence-corrected chi connectivity index (χ4v) is 1.73. The lowest BCUT2D eigenvalue weighted by Gasteiger charge is -2.09. The Balaban J connectivity index is 2.18. The highest BCUT2D eigenvalue weighted by atomic mass is 35.5. The van der Waals surface area contributed by atoms with Crippen molar-refractivity contribution in [1.82, 2.24) is 4.98 Å². The van der Waals surface area contributed by atoms with Gasteiger partial charge in [-0.25, -0.2) is 4.98 Å². The Kier molecular flexibility index (Phi) is 4.02. The molecule has 5 heteroatoms. The van der Waals surface area contributed by atoms with E-state index in [1.165, 1.54) is 13.3 Å². The second-order valence-corrected chi connectivity index (χ2v) is 4.44. The summed E-state index contributed by atoms with van der Waals surface area (Å²) in [7, 11) is 1.53. The van der Waals surface area contributed by atoms with Crippen LogP contribution in [-0.2, 0) is 0 Å². The van der Waals surface area contributed by atoms with E-state index in [0.717, 1.165) is 5.56 Å². The predicted octanol–water partition coefficient (Wildman–Crippen LogP) is 3.30. The first-order chi connectivity index (χ1) is 9.10. The van der Waals surface area contributed by atoms with Crippen molar-refractivity contribution in [3.8, 4) is 5.88 Å². The van der Waals surface area contributed by atoms with Crippen LogP contribution in [0.4, 0.5) is 5.69 Å². The van der Waals surface area contributed by atoms with Crippen molar-refractivity contribution in [3.63, 3.8) is 0 Å². The number of rotatable bonds is 3. The topological polar surface area (TPSA) is 51.2 Å². The van der Waals surface area contributed by atoms with E-state index in [1.54, 1.807) is 24.3 Å². The highest BCUT2D eigenvalue weighted by Crippen LogP contribution is 2.21. The lowest BCUT2D eigenvalue weighted by atomic mass is 10.2. The fourth-order valence-electron chi connectivity index (χ4n) is 1.56. The molecule has 0 fully saturated rings. The van der Waals surface area contributed by atoms with E-state index >= 15 is 0 Å². The summed E-state index contributed by atoms with van der Waals surface area (Å²) in [6.45, 7) is 1.90. The number of nitrogens with one attached hydrogen (secondary N) is 1. The van der Waals surface area contributed by atoms with Crippen molar-refractivity contribution in [2.75, 3.05) is 12.4 Å². The lowest BCUT2D eigenvalue weighted by Crippen LogP contribution is -2.13. The number of pyridine rings is 1. The molecule has 2 rings (SSSR count). The summed E-state index contributed by atoms with van der Waals surface area (Å²) in [5, 5.41) is 3.38. The summed E-state index contributed by atoms with van der Waals surface area (Å²) < 4.78 is 4.94. The van der Waals surface area contributed by atoms with E-state index in [4.69, 9.17) is 16.3 Å². The smallest absolute Gasteiger partial charge is 0.257 e. The van der Waals surface area contributed by atoms with Gasteiger partial charge >= 0.3 is 0 Å². The number of amides is 1. The molecule has 19 heavy (non-hydrogen) atoms. The molecule has 1 amide bonds. The first-order valence-electron chi connectivity index (χ1n) is 5.67. The number of nitrogens with zero attached hydrogens (tertiary/aromatic N) is 1. The maximum atomic E-state index is 12.0. The Labute approximate surface area is 116 Å². The zero-order valence-corrected chi connectivity index (χ0v) is 11.4. The van der Waals surface area contributed by atoms with Gasteiger partial charge in [0.05, 0.1) is 12.7 Å². The molecule has 1 aromatic heterocycles. The van der Waals surface area contributed by atoms with E-state index in [9.17, 15) is 4.79 Å². The van der Waals surface area contributed by atoms with Crippen molar-refractivity contribution < 1.29 is 9.53 Å². The second kappa shape index (κ2) is 5.71. The van der Waals surface area contributed by atoms with E-state index in [-0.39, 0.29) is 5.91 Å². The minimum atomic E-state index is -0.236. The average molecular weight is 277 g/mol. The third-order valence-corrected chi connectivity index (χ3v) is 2.89. The number of carbonyl (C=O) groups is 1. The van der Waals surface area contributed by atoms with Crippen molar-refractivity contribution in [3.05, 3.63) is 52.7 Å². The minimum absolute atomic E-state index is 0.236. The lowest BCUT2D eigenvalue weighted by molar-refractivity contribution is 0.102.